The van der Waals surface area contributed by atoms with Gasteiger partial charge in [0, 0.05) is 12.6 Å². The Kier molecular flexibility index (Phi) is 12.7. The van der Waals surface area contributed by atoms with Crippen LogP contribution in [0.25, 0.3) is 0 Å². The molecule has 1 unspecified atom stereocenters. The smallest absolute Gasteiger partial charge is 0.191 e. The summed E-state index contributed by atoms with van der Waals surface area (Å²) in [7, 11) is 1.57. The van der Waals surface area contributed by atoms with Crippen molar-refractivity contribution in [2.75, 3.05) is 33.4 Å². The van der Waals surface area contributed by atoms with Gasteiger partial charge in [-0.2, -0.15) is 0 Å². The van der Waals surface area contributed by atoms with Gasteiger partial charge < -0.3 is 30.0 Å². The lowest BCUT2D eigenvalue weighted by atomic mass is 10.2. The van der Waals surface area contributed by atoms with E-state index in [4.69, 9.17) is 19.3 Å². The van der Waals surface area contributed by atoms with Crippen molar-refractivity contribution in [3.8, 4) is 17.2 Å². The second-order valence-corrected chi connectivity index (χ2v) is 6.52. The van der Waals surface area contributed by atoms with E-state index in [-0.39, 0.29) is 49.1 Å². The minimum atomic E-state index is -0.328. The number of halogens is 2. The molecular formula is C22H31FIN3O4. The van der Waals surface area contributed by atoms with Crippen molar-refractivity contribution in [1.29, 1.82) is 0 Å². The zero-order valence-corrected chi connectivity index (χ0v) is 20.4. The summed E-state index contributed by atoms with van der Waals surface area (Å²) in [5, 5.41) is 15.3. The largest absolute Gasteiger partial charge is 0.493 e. The summed E-state index contributed by atoms with van der Waals surface area (Å²) in [5.74, 6) is 1.97. The molecule has 2 aromatic carbocycles. The third-order valence-corrected chi connectivity index (χ3v) is 4.03. The average molecular weight is 547 g/mol. The fourth-order valence-corrected chi connectivity index (χ4v) is 2.65. The minimum Gasteiger partial charge on any atom is -0.493 e. The monoisotopic (exact) mass is 547 g/mol. The lowest BCUT2D eigenvalue weighted by Crippen LogP contribution is -2.41. The lowest BCUT2D eigenvalue weighted by Gasteiger charge is -2.18. The average Bonchev–Trinajstić information content (AvgIpc) is 2.74. The molecule has 0 aliphatic heterocycles. The lowest BCUT2D eigenvalue weighted by molar-refractivity contribution is 0.196. The van der Waals surface area contributed by atoms with Crippen LogP contribution >= 0.6 is 24.0 Å². The van der Waals surface area contributed by atoms with Gasteiger partial charge in [-0.05, 0) is 43.7 Å². The highest BCUT2D eigenvalue weighted by Gasteiger charge is 2.08. The Morgan fingerprint density at radius 2 is 1.97 bits per heavy atom. The van der Waals surface area contributed by atoms with Gasteiger partial charge in [-0.15, -0.1) is 24.0 Å². The van der Waals surface area contributed by atoms with Crippen molar-refractivity contribution < 1.29 is 23.7 Å². The fourth-order valence-electron chi connectivity index (χ4n) is 2.65. The van der Waals surface area contributed by atoms with E-state index in [2.05, 4.69) is 15.6 Å². The first-order valence-electron chi connectivity index (χ1n) is 9.90. The quantitative estimate of drug-likeness (QED) is 0.228. The Labute approximate surface area is 200 Å². The van der Waals surface area contributed by atoms with Gasteiger partial charge in [0.1, 0.15) is 24.3 Å². The van der Waals surface area contributed by atoms with E-state index in [0.29, 0.717) is 42.8 Å². The third kappa shape index (κ3) is 9.60. The maximum absolute atomic E-state index is 13.3. The fraction of sp³-hybridized carbons (Fsp3) is 0.409. The van der Waals surface area contributed by atoms with Gasteiger partial charge in [-0.1, -0.05) is 12.1 Å². The number of methoxy groups -OCH3 is 1. The SMILES string of the molecule is CCNC(=NCc1ccc(OCCO)c(OC)c1)NCC(C)Oc1cccc(F)c1.I. The number of aliphatic hydroxyl groups is 1. The van der Waals surface area contributed by atoms with E-state index in [9.17, 15) is 4.39 Å². The number of nitrogens with one attached hydrogen (secondary N) is 2. The van der Waals surface area contributed by atoms with Gasteiger partial charge in [-0.3, -0.25) is 0 Å². The molecule has 0 amide bonds. The second kappa shape index (κ2) is 14.7. The van der Waals surface area contributed by atoms with Crippen molar-refractivity contribution in [3.63, 3.8) is 0 Å². The van der Waals surface area contributed by atoms with Crippen molar-refractivity contribution in [2.24, 2.45) is 4.99 Å². The molecule has 172 valence electrons. The maximum Gasteiger partial charge on any atom is 0.191 e. The van der Waals surface area contributed by atoms with Crippen LogP contribution < -0.4 is 24.8 Å². The van der Waals surface area contributed by atoms with Gasteiger partial charge in [0.05, 0.1) is 26.8 Å². The van der Waals surface area contributed by atoms with Crippen LogP contribution in [0.3, 0.4) is 0 Å². The molecule has 2 rings (SSSR count). The molecular weight excluding hydrogens is 516 g/mol. The molecule has 0 fully saturated rings. The Hall–Kier alpha value is -2.27. The molecule has 0 saturated carbocycles. The second-order valence-electron chi connectivity index (χ2n) is 6.52. The van der Waals surface area contributed by atoms with Gasteiger partial charge in [0.25, 0.3) is 0 Å². The van der Waals surface area contributed by atoms with E-state index in [1.807, 2.05) is 26.0 Å². The predicted molar refractivity (Wildman–Crippen MR) is 130 cm³/mol. The first-order valence-corrected chi connectivity index (χ1v) is 9.90. The van der Waals surface area contributed by atoms with Crippen LogP contribution in [0.5, 0.6) is 17.2 Å². The zero-order valence-electron chi connectivity index (χ0n) is 18.1. The molecule has 31 heavy (non-hydrogen) atoms. The molecule has 0 aromatic heterocycles. The van der Waals surface area contributed by atoms with Crippen LogP contribution in [-0.4, -0.2) is 50.6 Å². The van der Waals surface area contributed by atoms with Crippen LogP contribution in [0.1, 0.15) is 19.4 Å². The first kappa shape index (κ1) is 26.8. The van der Waals surface area contributed by atoms with Gasteiger partial charge in [0.2, 0.25) is 0 Å². The number of nitrogens with zero attached hydrogens (tertiary/aromatic N) is 1. The molecule has 0 aliphatic rings. The number of guanidine groups is 1. The highest BCUT2D eigenvalue weighted by Crippen LogP contribution is 2.28. The summed E-state index contributed by atoms with van der Waals surface area (Å²) in [5.41, 5.74) is 0.949. The molecule has 2 aromatic rings. The van der Waals surface area contributed by atoms with E-state index in [0.717, 1.165) is 5.56 Å². The summed E-state index contributed by atoms with van der Waals surface area (Å²) in [6.07, 6.45) is -0.182. The van der Waals surface area contributed by atoms with Crippen LogP contribution in [-0.2, 0) is 6.54 Å². The summed E-state index contributed by atoms with van der Waals surface area (Å²) in [6.45, 7) is 5.68. The minimum absolute atomic E-state index is 0. The molecule has 0 saturated heterocycles. The van der Waals surface area contributed by atoms with Crippen molar-refractivity contribution in [3.05, 3.63) is 53.8 Å². The molecule has 0 radical (unpaired) electrons. The summed E-state index contributed by atoms with van der Waals surface area (Å²) < 4.78 is 29.8. The number of ether oxygens (including phenoxy) is 3. The number of aliphatic imine (C=N–C) groups is 1. The Morgan fingerprint density at radius 3 is 2.65 bits per heavy atom. The normalized spacial score (nSPS) is 11.8. The Morgan fingerprint density at radius 1 is 1.16 bits per heavy atom. The van der Waals surface area contributed by atoms with Gasteiger partial charge >= 0.3 is 0 Å². The first-order chi connectivity index (χ1) is 14.5. The summed E-state index contributed by atoms with van der Waals surface area (Å²) in [4.78, 5) is 4.59. The van der Waals surface area contributed by atoms with Crippen LogP contribution in [0.15, 0.2) is 47.5 Å². The van der Waals surface area contributed by atoms with Crippen LogP contribution in [0.2, 0.25) is 0 Å². The summed E-state index contributed by atoms with van der Waals surface area (Å²) in [6, 6.07) is 11.6. The van der Waals surface area contributed by atoms with E-state index in [1.165, 1.54) is 12.1 Å². The topological polar surface area (TPSA) is 84.3 Å². The molecule has 0 aliphatic carbocycles. The van der Waals surface area contributed by atoms with Crippen LogP contribution in [0.4, 0.5) is 4.39 Å². The predicted octanol–water partition coefficient (Wildman–Crippen LogP) is 3.35. The number of rotatable bonds is 11. The molecule has 9 heteroatoms. The van der Waals surface area contributed by atoms with E-state index in [1.54, 1.807) is 25.3 Å². The molecule has 0 heterocycles. The molecule has 0 spiro atoms. The highest BCUT2D eigenvalue weighted by atomic mass is 127. The van der Waals surface area contributed by atoms with Crippen molar-refractivity contribution in [1.82, 2.24) is 10.6 Å². The number of aliphatic hydroxyl groups excluding tert-OH is 1. The Bertz CT molecular complexity index is 823. The third-order valence-electron chi connectivity index (χ3n) is 4.03. The zero-order chi connectivity index (χ0) is 21.8. The van der Waals surface area contributed by atoms with Crippen molar-refractivity contribution >= 4 is 29.9 Å². The van der Waals surface area contributed by atoms with Crippen LogP contribution in [0, 0.1) is 5.82 Å². The van der Waals surface area contributed by atoms with E-state index >= 15 is 0 Å². The molecule has 7 nitrogen and oxygen atoms in total. The highest BCUT2D eigenvalue weighted by molar-refractivity contribution is 14.0. The molecule has 3 N–H and O–H groups in total. The van der Waals surface area contributed by atoms with Crippen molar-refractivity contribution in [2.45, 2.75) is 26.5 Å². The van der Waals surface area contributed by atoms with Gasteiger partial charge in [0.15, 0.2) is 17.5 Å². The number of hydrogen-bond acceptors (Lipinski definition) is 5. The molecule has 0 bridgehead atoms. The number of benzene rings is 2. The molecule has 1 atom stereocenters. The standard InChI is InChI=1S/C22H30FN3O4.HI/c1-4-24-22(25-14-16(2)30-19-7-5-6-18(23)13-19)26-15-17-8-9-20(29-11-10-27)21(12-17)28-3;/h5-9,12-13,16,27H,4,10-11,14-15H2,1-3H3,(H2,24,25,26);1H. The summed E-state index contributed by atoms with van der Waals surface area (Å²) >= 11 is 0. The van der Waals surface area contributed by atoms with E-state index < -0.39 is 0 Å². The number of hydrogen-bond donors (Lipinski definition) is 3. The van der Waals surface area contributed by atoms with Gasteiger partial charge in [-0.25, -0.2) is 9.38 Å². The maximum atomic E-state index is 13.3. The Balaban J connectivity index is 0.00000480.